The molecule has 6 nitrogen and oxygen atoms in total. The Kier molecular flexibility index (Phi) is 5.41. The average molecular weight is 419 g/mol. The number of nitrogens with one attached hydrogen (secondary N) is 2. The van der Waals surface area contributed by atoms with E-state index >= 15 is 0 Å². The standard InChI is InChI=1S/C26H22N6/c1-2-23(19-6-4-3-5-7-19)26(21-13-14-24-22(16-21)17-27-28-24)20-11-8-18(9-12-20)10-15-25-29-31-32-30-25/h3-17H,2H2,1H3,(H,27,28)(H,29,30,31,32)/b15-10+,26-23+. The van der Waals surface area contributed by atoms with Crippen LogP contribution in [-0.2, 0) is 0 Å². The van der Waals surface area contributed by atoms with Crippen molar-refractivity contribution < 1.29 is 0 Å². The zero-order valence-corrected chi connectivity index (χ0v) is 17.7. The Bertz CT molecular complexity index is 1380. The largest absolute Gasteiger partial charge is 0.278 e. The van der Waals surface area contributed by atoms with Crippen LogP contribution in [0.25, 0.3) is 34.2 Å². The summed E-state index contributed by atoms with van der Waals surface area (Å²) >= 11 is 0. The Morgan fingerprint density at radius 1 is 0.875 bits per heavy atom. The highest BCUT2D eigenvalue weighted by Crippen LogP contribution is 2.35. The highest BCUT2D eigenvalue weighted by molar-refractivity contribution is 6.00. The number of aromatic nitrogens is 6. The quantitative estimate of drug-likeness (QED) is 0.351. The van der Waals surface area contributed by atoms with Gasteiger partial charge in [0.2, 0.25) is 0 Å². The third-order valence-electron chi connectivity index (χ3n) is 5.49. The molecule has 0 amide bonds. The number of hydrogen-bond acceptors (Lipinski definition) is 4. The van der Waals surface area contributed by atoms with Gasteiger partial charge in [0.1, 0.15) is 0 Å². The van der Waals surface area contributed by atoms with Gasteiger partial charge in [-0.3, -0.25) is 5.10 Å². The third kappa shape index (κ3) is 3.98. The molecule has 0 bridgehead atoms. The molecular weight excluding hydrogens is 396 g/mol. The van der Waals surface area contributed by atoms with Gasteiger partial charge in [-0.25, -0.2) is 0 Å². The number of benzene rings is 3. The number of fused-ring (bicyclic) bond motifs is 1. The molecule has 0 aliphatic rings. The van der Waals surface area contributed by atoms with Gasteiger partial charge in [-0.15, -0.1) is 10.2 Å². The number of rotatable bonds is 6. The van der Waals surface area contributed by atoms with Crippen molar-refractivity contribution in [3.63, 3.8) is 0 Å². The zero-order chi connectivity index (χ0) is 21.8. The molecule has 5 rings (SSSR count). The summed E-state index contributed by atoms with van der Waals surface area (Å²) < 4.78 is 0. The predicted molar refractivity (Wildman–Crippen MR) is 128 cm³/mol. The summed E-state index contributed by atoms with van der Waals surface area (Å²) in [5, 5.41) is 22.3. The summed E-state index contributed by atoms with van der Waals surface area (Å²) in [5.41, 5.74) is 8.23. The molecule has 5 aromatic rings. The van der Waals surface area contributed by atoms with Crippen molar-refractivity contribution in [1.82, 2.24) is 30.8 Å². The number of tetrazole rings is 1. The summed E-state index contributed by atoms with van der Waals surface area (Å²) in [4.78, 5) is 0. The van der Waals surface area contributed by atoms with E-state index in [0.717, 1.165) is 22.9 Å². The summed E-state index contributed by atoms with van der Waals surface area (Å²) in [6.45, 7) is 2.21. The Hall–Kier alpha value is -4.32. The first-order chi connectivity index (χ1) is 15.8. The second-order valence-electron chi connectivity index (χ2n) is 7.47. The Morgan fingerprint density at radius 3 is 2.44 bits per heavy atom. The van der Waals surface area contributed by atoms with Crippen molar-refractivity contribution in [2.24, 2.45) is 0 Å². The molecule has 0 unspecified atom stereocenters. The lowest BCUT2D eigenvalue weighted by Crippen LogP contribution is -1.95. The minimum Gasteiger partial charge on any atom is -0.278 e. The van der Waals surface area contributed by atoms with Crippen LogP contribution in [0.4, 0.5) is 0 Å². The average Bonchev–Trinajstić information content (AvgIpc) is 3.54. The lowest BCUT2D eigenvalue weighted by Gasteiger charge is -2.16. The molecular formula is C26H22N6. The second-order valence-corrected chi connectivity index (χ2v) is 7.47. The smallest absolute Gasteiger partial charge is 0.197 e. The van der Waals surface area contributed by atoms with Crippen molar-refractivity contribution in [3.05, 3.63) is 107 Å². The van der Waals surface area contributed by atoms with E-state index in [1.54, 1.807) is 0 Å². The number of nitrogens with zero attached hydrogens (tertiary/aromatic N) is 4. The Balaban J connectivity index is 1.62. The van der Waals surface area contributed by atoms with E-state index in [9.17, 15) is 0 Å². The van der Waals surface area contributed by atoms with Crippen LogP contribution in [0.15, 0.2) is 79.0 Å². The van der Waals surface area contributed by atoms with Crippen LogP contribution in [0.5, 0.6) is 0 Å². The predicted octanol–water partition coefficient (Wildman–Crippen LogP) is 5.62. The lowest BCUT2D eigenvalue weighted by molar-refractivity contribution is 0.881. The van der Waals surface area contributed by atoms with Crippen LogP contribution in [0, 0.1) is 0 Å². The fraction of sp³-hybridized carbons (Fsp3) is 0.0769. The van der Waals surface area contributed by atoms with Crippen LogP contribution in [0.1, 0.15) is 41.4 Å². The van der Waals surface area contributed by atoms with E-state index in [2.05, 4.69) is 111 Å². The summed E-state index contributed by atoms with van der Waals surface area (Å²) in [7, 11) is 0. The zero-order valence-electron chi connectivity index (χ0n) is 17.7. The van der Waals surface area contributed by atoms with Gasteiger partial charge in [0.05, 0.1) is 11.7 Å². The molecule has 2 N–H and O–H groups in total. The van der Waals surface area contributed by atoms with Gasteiger partial charge in [0.15, 0.2) is 5.82 Å². The van der Waals surface area contributed by atoms with E-state index in [1.807, 2.05) is 18.3 Å². The van der Waals surface area contributed by atoms with E-state index in [0.29, 0.717) is 5.82 Å². The molecule has 6 heteroatoms. The molecule has 0 spiro atoms. The molecule has 2 aromatic heterocycles. The maximum atomic E-state index is 4.19. The molecule has 0 saturated heterocycles. The van der Waals surface area contributed by atoms with Crippen molar-refractivity contribution in [3.8, 4) is 0 Å². The Morgan fingerprint density at radius 2 is 1.69 bits per heavy atom. The number of H-pyrrole nitrogens is 2. The van der Waals surface area contributed by atoms with E-state index in [-0.39, 0.29) is 0 Å². The molecule has 0 atom stereocenters. The summed E-state index contributed by atoms with van der Waals surface area (Å²) in [6.07, 6.45) is 6.61. The first kappa shape index (κ1) is 19.6. The molecule has 0 aliphatic carbocycles. The number of aromatic amines is 2. The first-order valence-corrected chi connectivity index (χ1v) is 10.6. The summed E-state index contributed by atoms with van der Waals surface area (Å²) in [5.74, 6) is 0.556. The summed E-state index contributed by atoms with van der Waals surface area (Å²) in [6, 6.07) is 25.6. The van der Waals surface area contributed by atoms with Crippen LogP contribution >= 0.6 is 0 Å². The fourth-order valence-electron chi connectivity index (χ4n) is 3.95. The maximum absolute atomic E-state index is 4.19. The lowest BCUT2D eigenvalue weighted by atomic mass is 9.87. The Labute approximate surface area is 185 Å². The highest BCUT2D eigenvalue weighted by atomic mass is 15.5. The van der Waals surface area contributed by atoms with Crippen LogP contribution < -0.4 is 0 Å². The van der Waals surface area contributed by atoms with Gasteiger partial charge >= 0.3 is 0 Å². The molecule has 32 heavy (non-hydrogen) atoms. The molecule has 156 valence electrons. The maximum Gasteiger partial charge on any atom is 0.197 e. The van der Waals surface area contributed by atoms with Gasteiger partial charge in [0, 0.05) is 5.39 Å². The normalized spacial score (nSPS) is 12.4. The van der Waals surface area contributed by atoms with Crippen molar-refractivity contribution >= 4 is 34.2 Å². The van der Waals surface area contributed by atoms with Crippen molar-refractivity contribution in [1.29, 1.82) is 0 Å². The van der Waals surface area contributed by atoms with Gasteiger partial charge in [-0.05, 0) is 63.2 Å². The van der Waals surface area contributed by atoms with Crippen LogP contribution in [0.2, 0.25) is 0 Å². The monoisotopic (exact) mass is 418 g/mol. The molecule has 3 aromatic carbocycles. The number of hydrogen-bond donors (Lipinski definition) is 2. The number of allylic oxidation sites excluding steroid dienone is 1. The molecule has 0 fully saturated rings. The topological polar surface area (TPSA) is 83.1 Å². The van der Waals surface area contributed by atoms with Crippen molar-refractivity contribution in [2.75, 3.05) is 0 Å². The van der Waals surface area contributed by atoms with Gasteiger partial charge in [0.25, 0.3) is 0 Å². The van der Waals surface area contributed by atoms with Gasteiger partial charge < -0.3 is 0 Å². The highest BCUT2D eigenvalue weighted by Gasteiger charge is 2.14. The van der Waals surface area contributed by atoms with Crippen molar-refractivity contribution in [2.45, 2.75) is 13.3 Å². The SMILES string of the molecule is CC/C(=C(/c1ccc(/C=C/c2nn[nH]n2)cc1)c1ccc2[nH]ncc2c1)c1ccccc1. The molecule has 0 radical (unpaired) electrons. The first-order valence-electron chi connectivity index (χ1n) is 10.6. The van der Waals surface area contributed by atoms with Crippen LogP contribution in [-0.4, -0.2) is 30.8 Å². The molecule has 0 saturated carbocycles. The second kappa shape index (κ2) is 8.81. The minimum absolute atomic E-state index is 0.556. The molecule has 2 heterocycles. The van der Waals surface area contributed by atoms with E-state index in [4.69, 9.17) is 0 Å². The van der Waals surface area contributed by atoms with E-state index in [1.165, 1.54) is 27.8 Å². The van der Waals surface area contributed by atoms with Gasteiger partial charge in [-0.2, -0.15) is 10.3 Å². The third-order valence-corrected chi connectivity index (χ3v) is 5.49. The minimum atomic E-state index is 0.556. The molecule has 0 aliphatic heterocycles. The van der Waals surface area contributed by atoms with E-state index < -0.39 is 0 Å². The van der Waals surface area contributed by atoms with Gasteiger partial charge in [-0.1, -0.05) is 73.7 Å². The fourth-order valence-corrected chi connectivity index (χ4v) is 3.95. The van der Waals surface area contributed by atoms with Crippen LogP contribution in [0.3, 0.4) is 0 Å².